The molecule has 3 heteroatoms. The number of benzene rings is 2. The molecule has 4 aromatic carbocycles. The van der Waals surface area contributed by atoms with Gasteiger partial charge in [0.15, 0.2) is 0 Å². The van der Waals surface area contributed by atoms with Crippen molar-refractivity contribution in [2.75, 3.05) is 6.61 Å². The summed E-state index contributed by atoms with van der Waals surface area (Å²) >= 11 is 0. The standard InChI is InChI=1S/2C9H7.C2H6O.C2H4.ClH.Zr/c2*1-2-5-9-7-3-6-8(9)4-1;1-2-3;1-2;;/h2*1-7H;3H,2H2,1H3;1-2H2;1H;/q2*-1;;;;+3/p-1. The summed E-state index contributed by atoms with van der Waals surface area (Å²) in [7, 11) is 0. The average molecular weight is 431 g/mol. The molecule has 0 heterocycles. The Bertz CT molecular complexity index is 662. The third-order valence-corrected chi connectivity index (χ3v) is 3.10. The maximum atomic E-state index is 7.57. The predicted octanol–water partition coefficient (Wildman–Crippen LogP) is 2.92. The smallest absolute Gasteiger partial charge is 1.00 e. The van der Waals surface area contributed by atoms with Crippen LogP contribution in [0.5, 0.6) is 0 Å². The number of hydrogen-bond acceptors (Lipinski definition) is 1. The van der Waals surface area contributed by atoms with Gasteiger partial charge >= 0.3 is 26.2 Å². The molecule has 0 saturated carbocycles. The summed E-state index contributed by atoms with van der Waals surface area (Å²) < 4.78 is 0. The topological polar surface area (TPSA) is 20.2 Å². The third-order valence-electron chi connectivity index (χ3n) is 3.10. The molecule has 0 aliphatic carbocycles. The molecule has 0 fully saturated rings. The largest absolute Gasteiger partial charge is 3.00 e. The van der Waals surface area contributed by atoms with Crippen molar-refractivity contribution in [3.05, 3.63) is 98.1 Å². The normalized spacial score (nSPS) is 8.24. The predicted molar refractivity (Wildman–Crippen MR) is 103 cm³/mol. The molecule has 0 aliphatic heterocycles. The van der Waals surface area contributed by atoms with Crippen LogP contribution in [-0.2, 0) is 26.2 Å². The zero-order valence-corrected chi connectivity index (χ0v) is 17.7. The Morgan fingerprint density at radius 2 is 1.08 bits per heavy atom. The first-order chi connectivity index (χ1) is 11.3. The monoisotopic (exact) mass is 429 g/mol. The Hall–Kier alpha value is -1.47. The molecule has 0 bridgehead atoms. The van der Waals surface area contributed by atoms with E-state index in [0.717, 1.165) is 0 Å². The third kappa shape index (κ3) is 8.98. The van der Waals surface area contributed by atoms with E-state index in [1.165, 1.54) is 21.5 Å². The van der Waals surface area contributed by atoms with Gasteiger partial charge in [0, 0.05) is 6.61 Å². The van der Waals surface area contributed by atoms with Crippen LogP contribution in [0.4, 0.5) is 0 Å². The van der Waals surface area contributed by atoms with E-state index in [1.54, 1.807) is 6.92 Å². The molecule has 4 rings (SSSR count). The van der Waals surface area contributed by atoms with Crippen LogP contribution in [0.1, 0.15) is 6.92 Å². The van der Waals surface area contributed by atoms with E-state index in [9.17, 15) is 0 Å². The molecule has 4 aromatic rings. The van der Waals surface area contributed by atoms with Crippen molar-refractivity contribution >= 4 is 21.5 Å². The molecule has 0 atom stereocenters. The van der Waals surface area contributed by atoms with E-state index in [-0.39, 0.29) is 45.2 Å². The van der Waals surface area contributed by atoms with Gasteiger partial charge in [-0.2, -0.15) is 35.0 Å². The summed E-state index contributed by atoms with van der Waals surface area (Å²) in [6.07, 6.45) is 0. The summed E-state index contributed by atoms with van der Waals surface area (Å²) in [5.74, 6) is 0. The van der Waals surface area contributed by atoms with Crippen molar-refractivity contribution in [3.63, 3.8) is 0 Å². The minimum atomic E-state index is 0. The molecular formula is C22H24ClOZr. The molecule has 1 radical (unpaired) electrons. The van der Waals surface area contributed by atoms with E-state index >= 15 is 0 Å². The summed E-state index contributed by atoms with van der Waals surface area (Å²) in [4.78, 5) is 0. The Labute approximate surface area is 176 Å². The van der Waals surface area contributed by atoms with Gasteiger partial charge in [-0.05, 0) is 6.92 Å². The van der Waals surface area contributed by atoms with Crippen molar-refractivity contribution in [3.8, 4) is 0 Å². The van der Waals surface area contributed by atoms with Crippen LogP contribution in [0, 0.1) is 0 Å². The zero-order valence-electron chi connectivity index (χ0n) is 14.5. The van der Waals surface area contributed by atoms with Crippen LogP contribution in [0.25, 0.3) is 21.5 Å². The summed E-state index contributed by atoms with van der Waals surface area (Å²) in [6, 6.07) is 29.3. The van der Waals surface area contributed by atoms with Gasteiger partial charge in [-0.15, -0.1) is 72.5 Å². The van der Waals surface area contributed by atoms with E-state index in [1.807, 2.05) is 0 Å². The van der Waals surface area contributed by atoms with Crippen LogP contribution < -0.4 is 12.4 Å². The van der Waals surface area contributed by atoms with Crippen LogP contribution in [0.3, 0.4) is 0 Å². The minimum Gasteiger partial charge on any atom is -1.00 e. The molecule has 0 aromatic heterocycles. The summed E-state index contributed by atoms with van der Waals surface area (Å²) in [6.45, 7) is 7.93. The molecule has 0 aliphatic rings. The number of halogens is 1. The zero-order chi connectivity index (χ0) is 16.9. The van der Waals surface area contributed by atoms with Gasteiger partial charge in [0.1, 0.15) is 0 Å². The Balaban J connectivity index is 0. The van der Waals surface area contributed by atoms with Crippen LogP contribution >= 0.6 is 0 Å². The van der Waals surface area contributed by atoms with Gasteiger partial charge in [0.25, 0.3) is 0 Å². The maximum Gasteiger partial charge on any atom is 3.00 e. The summed E-state index contributed by atoms with van der Waals surface area (Å²) in [5.41, 5.74) is 0. The second-order valence-corrected chi connectivity index (χ2v) is 4.63. The van der Waals surface area contributed by atoms with Crippen molar-refractivity contribution < 1.29 is 43.7 Å². The fourth-order valence-electron chi connectivity index (χ4n) is 2.14. The average Bonchev–Trinajstić information content (AvgIpc) is 3.27. The second-order valence-electron chi connectivity index (χ2n) is 4.63. The van der Waals surface area contributed by atoms with Gasteiger partial charge in [-0.1, -0.05) is 12.1 Å². The quantitative estimate of drug-likeness (QED) is 0.336. The van der Waals surface area contributed by atoms with Gasteiger partial charge in [-0.25, -0.2) is 0 Å². The molecule has 0 saturated heterocycles. The van der Waals surface area contributed by atoms with Crippen molar-refractivity contribution in [1.82, 2.24) is 0 Å². The Kier molecular flexibility index (Phi) is 16.5. The minimum absolute atomic E-state index is 0. The molecule has 0 spiro atoms. The van der Waals surface area contributed by atoms with E-state index in [4.69, 9.17) is 5.11 Å². The molecule has 1 nitrogen and oxygen atoms in total. The number of fused-ring (bicyclic) bond motifs is 2. The van der Waals surface area contributed by atoms with Crippen LogP contribution in [0.15, 0.2) is 98.1 Å². The van der Waals surface area contributed by atoms with Gasteiger partial charge in [-0.3, -0.25) is 0 Å². The Morgan fingerprint density at radius 1 is 0.760 bits per heavy atom. The SMILES string of the molecule is C=C.CCO.[Cl-].[Zr+3].c1ccc2[cH-]ccc2c1.c1ccc2[cH-]ccc2c1. The van der Waals surface area contributed by atoms with Gasteiger partial charge < -0.3 is 17.5 Å². The van der Waals surface area contributed by atoms with Crippen LogP contribution in [-0.4, -0.2) is 11.7 Å². The van der Waals surface area contributed by atoms with Gasteiger partial charge in [0.2, 0.25) is 0 Å². The fourth-order valence-corrected chi connectivity index (χ4v) is 2.14. The fraction of sp³-hybridized carbons (Fsp3) is 0.0909. The number of hydrogen-bond donors (Lipinski definition) is 1. The second kappa shape index (κ2) is 16.0. The van der Waals surface area contributed by atoms with E-state index in [2.05, 4.69) is 98.1 Å². The van der Waals surface area contributed by atoms with Crippen molar-refractivity contribution in [2.45, 2.75) is 6.92 Å². The molecule has 0 amide bonds. The first-order valence-electron chi connectivity index (χ1n) is 7.67. The number of aliphatic hydroxyl groups is 1. The first kappa shape index (κ1) is 25.8. The van der Waals surface area contributed by atoms with Crippen molar-refractivity contribution in [1.29, 1.82) is 0 Å². The molecule has 25 heavy (non-hydrogen) atoms. The Morgan fingerprint density at radius 3 is 1.40 bits per heavy atom. The van der Waals surface area contributed by atoms with Crippen LogP contribution in [0.2, 0.25) is 0 Å². The first-order valence-corrected chi connectivity index (χ1v) is 7.67. The van der Waals surface area contributed by atoms with E-state index in [0.29, 0.717) is 0 Å². The maximum absolute atomic E-state index is 7.57. The van der Waals surface area contributed by atoms with E-state index < -0.39 is 0 Å². The van der Waals surface area contributed by atoms with Gasteiger partial charge in [0.05, 0.1) is 0 Å². The molecule has 129 valence electrons. The van der Waals surface area contributed by atoms with Crippen molar-refractivity contribution in [2.24, 2.45) is 0 Å². The number of rotatable bonds is 0. The molecular weight excluding hydrogens is 407 g/mol. The molecule has 0 unspecified atom stereocenters. The summed E-state index contributed by atoms with van der Waals surface area (Å²) in [5, 5.41) is 12.9. The molecule has 1 N–H and O–H groups in total. The number of aliphatic hydroxyl groups excluding tert-OH is 1.